The van der Waals surface area contributed by atoms with Gasteiger partial charge in [0.2, 0.25) is 10.0 Å². The molecule has 0 N–H and O–H groups in total. The van der Waals surface area contributed by atoms with Gasteiger partial charge in [-0.15, -0.1) is 11.3 Å². The van der Waals surface area contributed by atoms with Crippen molar-refractivity contribution in [2.24, 2.45) is 0 Å². The second-order valence-corrected chi connectivity index (χ2v) is 8.25. The quantitative estimate of drug-likeness (QED) is 0.729. The van der Waals surface area contributed by atoms with Crippen molar-refractivity contribution in [1.29, 1.82) is 0 Å². The van der Waals surface area contributed by atoms with Gasteiger partial charge in [0.15, 0.2) is 0 Å². The van der Waals surface area contributed by atoms with Crippen LogP contribution in [0.1, 0.15) is 4.88 Å². The number of thiophene rings is 1. The van der Waals surface area contributed by atoms with Gasteiger partial charge >= 0.3 is 0 Å². The summed E-state index contributed by atoms with van der Waals surface area (Å²) < 4.78 is 32.8. The third-order valence-corrected chi connectivity index (χ3v) is 6.16. The standard InChI is InChI=1S/C14H16BrNO3S2/c1-19-9-8-16(11-13-3-2-10-20-13)21(17,18)14-6-4-12(15)5-7-14/h2-7,10H,8-9,11H2,1H3. The van der Waals surface area contributed by atoms with Crippen molar-refractivity contribution in [2.75, 3.05) is 20.3 Å². The topological polar surface area (TPSA) is 46.6 Å². The van der Waals surface area contributed by atoms with E-state index in [0.717, 1.165) is 9.35 Å². The molecule has 2 rings (SSSR count). The molecule has 0 radical (unpaired) electrons. The van der Waals surface area contributed by atoms with E-state index in [-0.39, 0.29) is 0 Å². The Bertz CT molecular complexity index is 654. The molecule has 21 heavy (non-hydrogen) atoms. The van der Waals surface area contributed by atoms with Crippen molar-refractivity contribution < 1.29 is 13.2 Å². The number of benzene rings is 1. The van der Waals surface area contributed by atoms with Crippen LogP contribution in [0.25, 0.3) is 0 Å². The number of hydrogen-bond donors (Lipinski definition) is 0. The van der Waals surface area contributed by atoms with E-state index in [1.165, 1.54) is 4.31 Å². The predicted octanol–water partition coefficient (Wildman–Crippen LogP) is 3.35. The lowest BCUT2D eigenvalue weighted by molar-refractivity contribution is 0.177. The van der Waals surface area contributed by atoms with Crippen molar-refractivity contribution in [1.82, 2.24) is 4.31 Å². The molecule has 0 bridgehead atoms. The van der Waals surface area contributed by atoms with Gasteiger partial charge < -0.3 is 4.74 Å². The molecule has 4 nitrogen and oxygen atoms in total. The van der Waals surface area contributed by atoms with Gasteiger partial charge in [-0.25, -0.2) is 8.42 Å². The third-order valence-electron chi connectivity index (χ3n) is 2.91. The van der Waals surface area contributed by atoms with E-state index in [2.05, 4.69) is 15.9 Å². The highest BCUT2D eigenvalue weighted by Gasteiger charge is 2.24. The highest BCUT2D eigenvalue weighted by molar-refractivity contribution is 9.10. The molecular formula is C14H16BrNO3S2. The molecule has 1 aromatic carbocycles. The Kier molecular flexibility index (Phi) is 5.95. The van der Waals surface area contributed by atoms with Crippen LogP contribution in [0.2, 0.25) is 0 Å². The van der Waals surface area contributed by atoms with Gasteiger partial charge in [-0.05, 0) is 35.7 Å². The van der Waals surface area contributed by atoms with Crippen molar-refractivity contribution in [3.63, 3.8) is 0 Å². The number of hydrogen-bond acceptors (Lipinski definition) is 4. The van der Waals surface area contributed by atoms with Crippen LogP contribution in [0.5, 0.6) is 0 Å². The molecule has 1 heterocycles. The zero-order valence-corrected chi connectivity index (χ0v) is 14.7. The van der Waals surface area contributed by atoms with Crippen LogP contribution in [-0.2, 0) is 21.3 Å². The van der Waals surface area contributed by atoms with Crippen LogP contribution in [0.15, 0.2) is 51.1 Å². The average Bonchev–Trinajstić information content (AvgIpc) is 2.96. The molecule has 0 fully saturated rings. The first-order chi connectivity index (χ1) is 10.0. The Morgan fingerprint density at radius 1 is 1.24 bits per heavy atom. The third kappa shape index (κ3) is 4.37. The summed E-state index contributed by atoms with van der Waals surface area (Å²) in [6, 6.07) is 10.5. The molecule has 0 spiro atoms. The normalized spacial score (nSPS) is 12.0. The lowest BCUT2D eigenvalue weighted by Gasteiger charge is -2.21. The van der Waals surface area contributed by atoms with Gasteiger partial charge in [-0.1, -0.05) is 22.0 Å². The van der Waals surface area contributed by atoms with E-state index < -0.39 is 10.0 Å². The van der Waals surface area contributed by atoms with E-state index in [0.29, 0.717) is 24.6 Å². The fourth-order valence-electron chi connectivity index (χ4n) is 1.81. The first-order valence-electron chi connectivity index (χ1n) is 6.31. The number of halogens is 1. The Balaban J connectivity index is 2.27. The number of rotatable bonds is 7. The monoisotopic (exact) mass is 389 g/mol. The van der Waals surface area contributed by atoms with Crippen LogP contribution in [-0.4, -0.2) is 33.0 Å². The van der Waals surface area contributed by atoms with Crippen LogP contribution >= 0.6 is 27.3 Å². The van der Waals surface area contributed by atoms with Gasteiger partial charge in [0.1, 0.15) is 0 Å². The van der Waals surface area contributed by atoms with Crippen LogP contribution in [0.3, 0.4) is 0 Å². The molecule has 114 valence electrons. The molecule has 0 aliphatic heterocycles. The summed E-state index contributed by atoms with van der Waals surface area (Å²) in [5.41, 5.74) is 0. The Morgan fingerprint density at radius 2 is 1.95 bits per heavy atom. The lowest BCUT2D eigenvalue weighted by Crippen LogP contribution is -2.33. The van der Waals surface area contributed by atoms with Gasteiger partial charge in [0.25, 0.3) is 0 Å². The predicted molar refractivity (Wildman–Crippen MR) is 87.9 cm³/mol. The van der Waals surface area contributed by atoms with E-state index in [9.17, 15) is 8.42 Å². The highest BCUT2D eigenvalue weighted by Crippen LogP contribution is 2.22. The minimum atomic E-state index is -3.53. The SMILES string of the molecule is COCCN(Cc1cccs1)S(=O)(=O)c1ccc(Br)cc1. The second-order valence-electron chi connectivity index (χ2n) is 4.36. The summed E-state index contributed by atoms with van der Waals surface area (Å²) in [5.74, 6) is 0. The Hall–Kier alpha value is -0.730. The van der Waals surface area contributed by atoms with Crippen molar-refractivity contribution in [3.05, 3.63) is 51.1 Å². The molecule has 0 saturated carbocycles. The first-order valence-corrected chi connectivity index (χ1v) is 9.42. The average molecular weight is 390 g/mol. The zero-order chi connectivity index (χ0) is 15.3. The summed E-state index contributed by atoms with van der Waals surface area (Å²) in [6.45, 7) is 1.05. The minimum Gasteiger partial charge on any atom is -0.383 e. The largest absolute Gasteiger partial charge is 0.383 e. The second kappa shape index (κ2) is 7.51. The van der Waals surface area contributed by atoms with E-state index in [1.807, 2.05) is 17.5 Å². The van der Waals surface area contributed by atoms with Crippen LogP contribution in [0, 0.1) is 0 Å². The van der Waals surface area contributed by atoms with Gasteiger partial charge in [-0.3, -0.25) is 0 Å². The van der Waals surface area contributed by atoms with Crippen molar-refractivity contribution >= 4 is 37.3 Å². The molecule has 2 aromatic rings. The molecular weight excluding hydrogens is 374 g/mol. The van der Waals surface area contributed by atoms with Crippen molar-refractivity contribution in [2.45, 2.75) is 11.4 Å². The number of nitrogens with zero attached hydrogens (tertiary/aromatic N) is 1. The molecule has 0 saturated heterocycles. The van der Waals surface area contributed by atoms with Crippen molar-refractivity contribution in [3.8, 4) is 0 Å². The number of methoxy groups -OCH3 is 1. The highest BCUT2D eigenvalue weighted by atomic mass is 79.9. The van der Waals surface area contributed by atoms with Gasteiger partial charge in [0.05, 0.1) is 11.5 Å². The van der Waals surface area contributed by atoms with E-state index in [4.69, 9.17) is 4.74 Å². The van der Waals surface area contributed by atoms with Gasteiger partial charge in [-0.2, -0.15) is 4.31 Å². The summed E-state index contributed by atoms with van der Waals surface area (Å²) >= 11 is 4.86. The van der Waals surface area contributed by atoms with Crippen LogP contribution in [0.4, 0.5) is 0 Å². The minimum absolute atomic E-state index is 0.290. The molecule has 0 unspecified atom stereocenters. The lowest BCUT2D eigenvalue weighted by atomic mass is 10.4. The number of ether oxygens (including phenoxy) is 1. The molecule has 7 heteroatoms. The zero-order valence-electron chi connectivity index (χ0n) is 11.5. The Morgan fingerprint density at radius 3 is 2.52 bits per heavy atom. The summed E-state index contributed by atoms with van der Waals surface area (Å²) in [6.07, 6.45) is 0. The van der Waals surface area contributed by atoms with Gasteiger partial charge in [0, 0.05) is 29.5 Å². The maximum atomic E-state index is 12.7. The Labute approximate surface area is 137 Å². The fraction of sp³-hybridized carbons (Fsp3) is 0.286. The first kappa shape index (κ1) is 16.6. The maximum Gasteiger partial charge on any atom is 0.243 e. The van der Waals surface area contributed by atoms with Crippen LogP contribution < -0.4 is 0 Å². The summed E-state index contributed by atoms with van der Waals surface area (Å²) in [5, 5.41) is 1.94. The summed E-state index contributed by atoms with van der Waals surface area (Å²) in [4.78, 5) is 1.30. The smallest absolute Gasteiger partial charge is 0.243 e. The summed E-state index contributed by atoms with van der Waals surface area (Å²) in [7, 11) is -1.96. The molecule has 0 aliphatic rings. The van der Waals surface area contributed by atoms with E-state index >= 15 is 0 Å². The molecule has 0 amide bonds. The molecule has 0 atom stereocenters. The fourth-order valence-corrected chi connectivity index (χ4v) is 4.28. The number of sulfonamides is 1. The van der Waals surface area contributed by atoms with E-state index in [1.54, 1.807) is 42.7 Å². The molecule has 1 aromatic heterocycles. The maximum absolute atomic E-state index is 12.7. The molecule has 0 aliphatic carbocycles.